The Morgan fingerprint density at radius 3 is 2.50 bits per heavy atom. The number of aromatic nitrogens is 2. The Labute approximate surface area is 99.2 Å². The number of thioether (sulfide) groups is 1. The monoisotopic (exact) mass is 241 g/mol. The first-order valence-corrected chi connectivity index (χ1v) is 5.95. The summed E-state index contributed by atoms with van der Waals surface area (Å²) >= 11 is 1.43. The van der Waals surface area contributed by atoms with Crippen LogP contribution in [0.25, 0.3) is 0 Å². The predicted octanol–water partition coefficient (Wildman–Crippen LogP) is 1.45. The summed E-state index contributed by atoms with van der Waals surface area (Å²) in [5.74, 6) is 0.433. The van der Waals surface area contributed by atoms with Crippen molar-refractivity contribution >= 4 is 17.7 Å². The molecular formula is C10H15N3O2S. The summed E-state index contributed by atoms with van der Waals surface area (Å²) in [6.07, 6.45) is 1.88. The first-order chi connectivity index (χ1) is 7.51. The van der Waals surface area contributed by atoms with E-state index in [1.54, 1.807) is 20.9 Å². The Balaban J connectivity index is 3.26. The second kappa shape index (κ2) is 5.27. The molecule has 1 rings (SSSR count). The molecule has 1 aromatic rings. The number of nitrogens with zero attached hydrogens (tertiary/aromatic N) is 3. The van der Waals surface area contributed by atoms with Gasteiger partial charge in [-0.1, -0.05) is 0 Å². The molecule has 16 heavy (non-hydrogen) atoms. The van der Waals surface area contributed by atoms with Gasteiger partial charge < -0.3 is 0 Å². The molecule has 0 aliphatic carbocycles. The number of rotatable bonds is 3. The van der Waals surface area contributed by atoms with Gasteiger partial charge in [-0.3, -0.25) is 9.63 Å². The first kappa shape index (κ1) is 12.9. The van der Waals surface area contributed by atoms with Gasteiger partial charge in [0.05, 0.1) is 18.4 Å². The standard InChI is InChI=1S/C10H15N3O2S/c1-6-8(10(14)13(3)15-4)9(16-5)12-7(2)11-6/h1-5H3. The molecule has 0 N–H and O–H groups in total. The van der Waals surface area contributed by atoms with Crippen molar-refractivity contribution in [3.05, 3.63) is 17.1 Å². The molecule has 1 aromatic heterocycles. The van der Waals surface area contributed by atoms with E-state index in [0.717, 1.165) is 0 Å². The molecule has 0 aliphatic rings. The fourth-order valence-electron chi connectivity index (χ4n) is 1.32. The maximum Gasteiger partial charge on any atom is 0.281 e. The highest BCUT2D eigenvalue weighted by atomic mass is 32.2. The Bertz CT molecular complexity index is 409. The summed E-state index contributed by atoms with van der Waals surface area (Å²) in [6, 6.07) is 0. The Hall–Kier alpha value is -1.14. The zero-order valence-corrected chi connectivity index (χ0v) is 10.9. The molecule has 0 spiro atoms. The minimum absolute atomic E-state index is 0.232. The third-order valence-electron chi connectivity index (χ3n) is 2.14. The van der Waals surface area contributed by atoms with E-state index in [1.165, 1.54) is 23.9 Å². The van der Waals surface area contributed by atoms with Crippen LogP contribution in [0, 0.1) is 13.8 Å². The van der Waals surface area contributed by atoms with Crippen LogP contribution in [-0.4, -0.2) is 41.4 Å². The fraction of sp³-hybridized carbons (Fsp3) is 0.500. The van der Waals surface area contributed by atoms with Crippen molar-refractivity contribution in [1.82, 2.24) is 15.0 Å². The van der Waals surface area contributed by atoms with Gasteiger partial charge in [0.25, 0.3) is 5.91 Å². The van der Waals surface area contributed by atoms with E-state index in [1.807, 2.05) is 6.26 Å². The van der Waals surface area contributed by atoms with Crippen molar-refractivity contribution in [2.75, 3.05) is 20.4 Å². The van der Waals surface area contributed by atoms with Gasteiger partial charge in [-0.2, -0.15) is 0 Å². The number of hydroxylamine groups is 2. The van der Waals surface area contributed by atoms with Crippen molar-refractivity contribution < 1.29 is 9.63 Å². The molecule has 0 saturated heterocycles. The topological polar surface area (TPSA) is 55.3 Å². The Kier molecular flexibility index (Phi) is 4.26. The molecule has 88 valence electrons. The van der Waals surface area contributed by atoms with Crippen LogP contribution in [0.4, 0.5) is 0 Å². The van der Waals surface area contributed by atoms with E-state index >= 15 is 0 Å². The molecule has 0 aromatic carbocycles. The highest BCUT2D eigenvalue weighted by molar-refractivity contribution is 7.98. The van der Waals surface area contributed by atoms with Crippen molar-refractivity contribution in [2.45, 2.75) is 18.9 Å². The Morgan fingerprint density at radius 2 is 2.00 bits per heavy atom. The van der Waals surface area contributed by atoms with E-state index < -0.39 is 0 Å². The van der Waals surface area contributed by atoms with Gasteiger partial charge >= 0.3 is 0 Å². The lowest BCUT2D eigenvalue weighted by atomic mass is 10.2. The molecular weight excluding hydrogens is 226 g/mol. The van der Waals surface area contributed by atoms with Gasteiger partial charge in [0.1, 0.15) is 10.9 Å². The summed E-state index contributed by atoms with van der Waals surface area (Å²) in [5, 5.41) is 1.85. The molecule has 0 fully saturated rings. The predicted molar refractivity (Wildman–Crippen MR) is 62.4 cm³/mol. The van der Waals surface area contributed by atoms with E-state index in [4.69, 9.17) is 4.84 Å². The number of carbonyl (C=O) groups excluding carboxylic acids is 1. The van der Waals surface area contributed by atoms with Gasteiger partial charge in [0, 0.05) is 7.05 Å². The van der Waals surface area contributed by atoms with Crippen LogP contribution in [0.5, 0.6) is 0 Å². The molecule has 0 atom stereocenters. The van der Waals surface area contributed by atoms with Crippen molar-refractivity contribution in [2.24, 2.45) is 0 Å². The maximum atomic E-state index is 12.0. The largest absolute Gasteiger partial charge is 0.281 e. The van der Waals surface area contributed by atoms with E-state index in [0.29, 0.717) is 22.1 Å². The van der Waals surface area contributed by atoms with Crippen molar-refractivity contribution in [1.29, 1.82) is 0 Å². The molecule has 0 radical (unpaired) electrons. The molecule has 1 heterocycles. The highest BCUT2D eigenvalue weighted by Gasteiger charge is 2.20. The lowest BCUT2D eigenvalue weighted by Crippen LogP contribution is -2.27. The second-order valence-electron chi connectivity index (χ2n) is 3.23. The molecule has 0 unspecified atom stereocenters. The maximum absolute atomic E-state index is 12.0. The molecule has 6 heteroatoms. The number of carbonyl (C=O) groups is 1. The second-order valence-corrected chi connectivity index (χ2v) is 4.02. The summed E-state index contributed by atoms with van der Waals surface area (Å²) in [7, 11) is 3.01. The van der Waals surface area contributed by atoms with Crippen LogP contribution < -0.4 is 0 Å². The van der Waals surface area contributed by atoms with Gasteiger partial charge in [0.2, 0.25) is 0 Å². The van der Waals surface area contributed by atoms with E-state index in [2.05, 4.69) is 9.97 Å². The van der Waals surface area contributed by atoms with Crippen LogP contribution in [0.15, 0.2) is 5.03 Å². The lowest BCUT2D eigenvalue weighted by molar-refractivity contribution is -0.0760. The van der Waals surface area contributed by atoms with Crippen LogP contribution in [0.1, 0.15) is 21.9 Å². The zero-order chi connectivity index (χ0) is 12.3. The normalized spacial score (nSPS) is 10.3. The third kappa shape index (κ3) is 2.51. The van der Waals surface area contributed by atoms with Crippen molar-refractivity contribution in [3.63, 3.8) is 0 Å². The van der Waals surface area contributed by atoms with Gasteiger partial charge in [0.15, 0.2) is 0 Å². The molecule has 5 nitrogen and oxygen atoms in total. The van der Waals surface area contributed by atoms with Crippen LogP contribution in [0.2, 0.25) is 0 Å². The highest BCUT2D eigenvalue weighted by Crippen LogP contribution is 2.21. The van der Waals surface area contributed by atoms with E-state index in [-0.39, 0.29) is 5.91 Å². The van der Waals surface area contributed by atoms with Crippen LogP contribution >= 0.6 is 11.8 Å². The number of amides is 1. The Morgan fingerprint density at radius 1 is 1.38 bits per heavy atom. The first-order valence-electron chi connectivity index (χ1n) is 4.72. The van der Waals surface area contributed by atoms with E-state index in [9.17, 15) is 4.79 Å². The quantitative estimate of drug-likeness (QED) is 0.455. The average molecular weight is 241 g/mol. The average Bonchev–Trinajstić information content (AvgIpc) is 2.26. The lowest BCUT2D eigenvalue weighted by Gasteiger charge is -2.16. The fourth-order valence-corrected chi connectivity index (χ4v) is 1.98. The summed E-state index contributed by atoms with van der Waals surface area (Å²) < 4.78 is 0. The molecule has 0 aliphatic heterocycles. The smallest absolute Gasteiger partial charge is 0.274 e. The van der Waals surface area contributed by atoms with Crippen LogP contribution in [0.3, 0.4) is 0 Å². The minimum atomic E-state index is -0.232. The van der Waals surface area contributed by atoms with Gasteiger partial charge in [-0.15, -0.1) is 11.8 Å². The molecule has 1 amide bonds. The SMILES string of the molecule is CON(C)C(=O)c1c(C)nc(C)nc1SC. The number of hydrogen-bond donors (Lipinski definition) is 0. The summed E-state index contributed by atoms with van der Waals surface area (Å²) in [6.45, 7) is 3.60. The number of aryl methyl sites for hydroxylation is 2. The van der Waals surface area contributed by atoms with Gasteiger partial charge in [-0.25, -0.2) is 15.0 Å². The van der Waals surface area contributed by atoms with Gasteiger partial charge in [-0.05, 0) is 20.1 Å². The summed E-state index contributed by atoms with van der Waals surface area (Å²) in [5.41, 5.74) is 1.17. The van der Waals surface area contributed by atoms with Crippen LogP contribution in [-0.2, 0) is 4.84 Å². The van der Waals surface area contributed by atoms with Crippen molar-refractivity contribution in [3.8, 4) is 0 Å². The third-order valence-corrected chi connectivity index (χ3v) is 2.82. The summed E-state index contributed by atoms with van der Waals surface area (Å²) in [4.78, 5) is 25.3. The number of hydrogen-bond acceptors (Lipinski definition) is 5. The molecule has 0 saturated carbocycles. The minimum Gasteiger partial charge on any atom is -0.274 e. The molecule has 0 bridgehead atoms. The zero-order valence-electron chi connectivity index (χ0n) is 10.1.